The highest BCUT2D eigenvalue weighted by molar-refractivity contribution is 5.85. The molecule has 1 heterocycles. The lowest BCUT2D eigenvalue weighted by atomic mass is 9.79. The predicted molar refractivity (Wildman–Crippen MR) is 94.8 cm³/mol. The molecule has 0 bridgehead atoms. The fourth-order valence-corrected chi connectivity index (χ4v) is 3.24. The fourth-order valence-electron chi connectivity index (χ4n) is 3.24. The van der Waals surface area contributed by atoms with E-state index in [2.05, 4.69) is 24.1 Å². The summed E-state index contributed by atoms with van der Waals surface area (Å²) in [6, 6.07) is 5.88. The number of hydrogen-bond donors (Lipinski definition) is 2. The number of halogens is 1. The normalized spacial score (nSPS) is 17.3. The van der Waals surface area contributed by atoms with Gasteiger partial charge in [-0.25, -0.2) is 0 Å². The second-order valence-corrected chi connectivity index (χ2v) is 6.41. The van der Waals surface area contributed by atoms with Crippen LogP contribution in [0.15, 0.2) is 18.2 Å². The number of nitrogens with one attached hydrogen (secondary N) is 1. The van der Waals surface area contributed by atoms with E-state index < -0.39 is 0 Å². The van der Waals surface area contributed by atoms with Gasteiger partial charge in [0.05, 0.1) is 19.8 Å². The van der Waals surface area contributed by atoms with Gasteiger partial charge in [0.2, 0.25) is 0 Å². The Morgan fingerprint density at radius 3 is 2.13 bits per heavy atom. The van der Waals surface area contributed by atoms with E-state index in [1.54, 1.807) is 14.2 Å². The molecule has 1 aromatic carbocycles. The second kappa shape index (κ2) is 8.73. The summed E-state index contributed by atoms with van der Waals surface area (Å²) in [5.41, 5.74) is 0.715. The van der Waals surface area contributed by atoms with Crippen molar-refractivity contribution < 1.29 is 14.6 Å². The van der Waals surface area contributed by atoms with Crippen LogP contribution in [-0.4, -0.2) is 57.0 Å². The molecule has 1 aliphatic rings. The van der Waals surface area contributed by atoms with E-state index in [4.69, 9.17) is 9.47 Å². The highest BCUT2D eigenvalue weighted by Gasteiger charge is 2.39. The fraction of sp³-hybridized carbons (Fsp3) is 0.647. The van der Waals surface area contributed by atoms with Crippen molar-refractivity contribution in [3.8, 4) is 11.5 Å². The zero-order valence-corrected chi connectivity index (χ0v) is 15.3. The van der Waals surface area contributed by atoms with Gasteiger partial charge in [0, 0.05) is 44.2 Å². The van der Waals surface area contributed by atoms with Crippen molar-refractivity contribution in [3.05, 3.63) is 23.8 Å². The maximum Gasteiger partial charge on any atom is 0.127 e. The lowest BCUT2D eigenvalue weighted by molar-refractivity contribution is 0.0279. The van der Waals surface area contributed by atoms with Gasteiger partial charge in [-0.2, -0.15) is 0 Å². The van der Waals surface area contributed by atoms with Crippen LogP contribution >= 0.6 is 12.4 Å². The van der Waals surface area contributed by atoms with Crippen LogP contribution in [0.25, 0.3) is 0 Å². The Kier molecular flexibility index (Phi) is 7.61. The monoisotopic (exact) mass is 344 g/mol. The third kappa shape index (κ3) is 4.29. The van der Waals surface area contributed by atoms with Gasteiger partial charge in [-0.15, -0.1) is 12.4 Å². The highest BCUT2D eigenvalue weighted by atomic mass is 35.5. The van der Waals surface area contributed by atoms with E-state index in [0.29, 0.717) is 0 Å². The average molecular weight is 345 g/mol. The predicted octanol–water partition coefficient (Wildman–Crippen LogP) is 2.09. The summed E-state index contributed by atoms with van der Waals surface area (Å²) in [5.74, 6) is 1.62. The molecule has 0 unspecified atom stereocenters. The molecule has 0 spiro atoms. The molecule has 1 atom stereocenters. The molecule has 1 aromatic rings. The third-order valence-electron chi connectivity index (χ3n) is 4.40. The molecule has 2 rings (SSSR count). The van der Waals surface area contributed by atoms with Gasteiger partial charge in [-0.1, -0.05) is 19.9 Å². The molecule has 1 aliphatic heterocycles. The number of nitrogens with zero attached hydrogens (tertiary/aromatic N) is 1. The van der Waals surface area contributed by atoms with Crippen molar-refractivity contribution in [2.45, 2.75) is 19.9 Å². The zero-order chi connectivity index (χ0) is 16.2. The van der Waals surface area contributed by atoms with Crippen LogP contribution < -0.4 is 14.8 Å². The first-order valence-electron chi connectivity index (χ1n) is 7.81. The molecule has 0 radical (unpaired) electrons. The molecule has 132 valence electrons. The van der Waals surface area contributed by atoms with E-state index in [-0.39, 0.29) is 30.5 Å². The van der Waals surface area contributed by atoms with E-state index in [9.17, 15) is 5.11 Å². The molecule has 6 heteroatoms. The van der Waals surface area contributed by atoms with Gasteiger partial charge in [0.15, 0.2) is 0 Å². The number of aliphatic hydroxyl groups is 1. The van der Waals surface area contributed by atoms with Crippen molar-refractivity contribution in [3.63, 3.8) is 0 Å². The minimum atomic E-state index is -0.306. The van der Waals surface area contributed by atoms with Crippen LogP contribution in [0, 0.1) is 5.41 Å². The molecule has 2 N–H and O–H groups in total. The van der Waals surface area contributed by atoms with Crippen LogP contribution in [0.3, 0.4) is 0 Å². The Morgan fingerprint density at radius 1 is 1.17 bits per heavy atom. The molecule has 0 amide bonds. The summed E-state index contributed by atoms with van der Waals surface area (Å²) in [7, 11) is 3.36. The van der Waals surface area contributed by atoms with Crippen LogP contribution in [0.1, 0.15) is 25.5 Å². The van der Waals surface area contributed by atoms with Crippen LogP contribution in [-0.2, 0) is 0 Å². The maximum atomic E-state index is 9.96. The summed E-state index contributed by atoms with van der Waals surface area (Å²) in [6.07, 6.45) is 0. The number of hydrogen-bond acceptors (Lipinski definition) is 5. The molecule has 5 nitrogen and oxygen atoms in total. The first-order chi connectivity index (χ1) is 10.5. The summed E-state index contributed by atoms with van der Waals surface area (Å²) in [5, 5.41) is 13.3. The molecular weight excluding hydrogens is 316 g/mol. The van der Waals surface area contributed by atoms with Crippen molar-refractivity contribution >= 4 is 12.4 Å². The van der Waals surface area contributed by atoms with E-state index in [1.807, 2.05) is 18.2 Å². The quantitative estimate of drug-likeness (QED) is 0.827. The Morgan fingerprint density at radius 2 is 1.70 bits per heavy atom. The summed E-state index contributed by atoms with van der Waals surface area (Å²) < 4.78 is 11.2. The van der Waals surface area contributed by atoms with Gasteiger partial charge in [0.1, 0.15) is 11.5 Å². The largest absolute Gasteiger partial charge is 0.496 e. The van der Waals surface area contributed by atoms with E-state index in [1.165, 1.54) is 0 Å². The van der Waals surface area contributed by atoms with Gasteiger partial charge < -0.3 is 19.9 Å². The first kappa shape index (κ1) is 20.0. The van der Waals surface area contributed by atoms with Crippen LogP contribution in [0.2, 0.25) is 0 Å². The molecule has 0 saturated carbocycles. The zero-order valence-electron chi connectivity index (χ0n) is 14.5. The third-order valence-corrected chi connectivity index (χ3v) is 4.40. The average Bonchev–Trinajstić information content (AvgIpc) is 2.56. The van der Waals surface area contributed by atoms with Gasteiger partial charge in [0.25, 0.3) is 0 Å². The molecule has 1 saturated heterocycles. The van der Waals surface area contributed by atoms with Gasteiger partial charge in [-0.3, -0.25) is 4.90 Å². The summed E-state index contributed by atoms with van der Waals surface area (Å²) in [6.45, 7) is 8.06. The van der Waals surface area contributed by atoms with Crippen molar-refractivity contribution in [1.82, 2.24) is 10.2 Å². The number of piperazine rings is 1. The smallest absolute Gasteiger partial charge is 0.127 e. The van der Waals surface area contributed by atoms with Crippen molar-refractivity contribution in [2.75, 3.05) is 47.0 Å². The van der Waals surface area contributed by atoms with E-state index in [0.717, 1.165) is 43.2 Å². The van der Waals surface area contributed by atoms with Crippen molar-refractivity contribution in [1.29, 1.82) is 0 Å². The Labute approximate surface area is 145 Å². The van der Waals surface area contributed by atoms with Crippen LogP contribution in [0.4, 0.5) is 0 Å². The molecular formula is C17H29ClN2O3. The minimum Gasteiger partial charge on any atom is -0.496 e. The molecule has 1 fully saturated rings. The Balaban J connectivity index is 0.00000264. The number of ether oxygens (including phenoxy) is 2. The van der Waals surface area contributed by atoms with Crippen LogP contribution in [0.5, 0.6) is 11.5 Å². The van der Waals surface area contributed by atoms with Gasteiger partial charge >= 0.3 is 0 Å². The van der Waals surface area contributed by atoms with Crippen molar-refractivity contribution in [2.24, 2.45) is 5.41 Å². The lowest BCUT2D eigenvalue weighted by Crippen LogP contribution is -2.49. The highest BCUT2D eigenvalue weighted by Crippen LogP contribution is 2.46. The molecule has 0 aromatic heterocycles. The maximum absolute atomic E-state index is 9.96. The minimum absolute atomic E-state index is 0. The SMILES string of the molecule is COc1cccc(OC)c1[C@@H](N1CCNCC1)C(C)(C)CO.Cl. The lowest BCUT2D eigenvalue weighted by Gasteiger charge is -2.44. The number of methoxy groups -OCH3 is 2. The van der Waals surface area contributed by atoms with Gasteiger partial charge in [-0.05, 0) is 12.1 Å². The molecule has 0 aliphatic carbocycles. The summed E-state index contributed by atoms with van der Waals surface area (Å²) >= 11 is 0. The number of aliphatic hydroxyl groups excluding tert-OH is 1. The molecule has 23 heavy (non-hydrogen) atoms. The second-order valence-electron chi connectivity index (χ2n) is 6.41. The van der Waals surface area contributed by atoms with E-state index >= 15 is 0 Å². The first-order valence-corrected chi connectivity index (χ1v) is 7.81. The Hall–Kier alpha value is -1.01. The summed E-state index contributed by atoms with van der Waals surface area (Å²) in [4.78, 5) is 2.41. The number of rotatable bonds is 6. The topological polar surface area (TPSA) is 54.0 Å². The number of benzene rings is 1. The Bertz CT molecular complexity index is 468. The standard InChI is InChI=1S/C17H28N2O3.ClH/c1-17(2,12-20)16(19-10-8-18-9-11-19)15-13(21-3)6-5-7-14(15)22-4;/h5-7,16,18,20H,8-12H2,1-4H3;1H/t16-;/m1./s1.